The Bertz CT molecular complexity index is 676. The largest absolute Gasteiger partial charge is 0.462 e. The predicted octanol–water partition coefficient (Wildman–Crippen LogP) is 11.6. The Balaban J connectivity index is 4.31. The normalized spacial score (nSPS) is 11.9. The van der Waals surface area contributed by atoms with Gasteiger partial charge in [0.1, 0.15) is 13.2 Å². The van der Waals surface area contributed by atoms with Crippen LogP contribution in [0.3, 0.4) is 0 Å². The number of hydrogen-bond acceptors (Lipinski definition) is 6. The number of esters is 3. The summed E-state index contributed by atoms with van der Waals surface area (Å²) < 4.78 is 16.5. The van der Waals surface area contributed by atoms with Crippen molar-refractivity contribution >= 4 is 17.9 Å². The van der Waals surface area contributed by atoms with Crippen LogP contribution in [0.1, 0.15) is 207 Å². The molecule has 0 aromatic rings. The van der Waals surface area contributed by atoms with Crippen LogP contribution in [0.15, 0.2) is 0 Å². The lowest BCUT2D eigenvalue weighted by atomic mass is 10.0. The van der Waals surface area contributed by atoms with Crippen molar-refractivity contribution in [1.82, 2.24) is 0 Å². The number of hydrogen-bond donors (Lipinski definition) is 0. The molecule has 0 rings (SSSR count). The Kier molecular flexibility index (Phi) is 32.6. The van der Waals surface area contributed by atoms with Gasteiger partial charge in [0.15, 0.2) is 6.10 Å². The molecular formula is C39H74O6. The van der Waals surface area contributed by atoms with E-state index >= 15 is 0 Å². The molecule has 0 aromatic carbocycles. The Labute approximate surface area is 278 Å². The molecule has 6 heteroatoms. The summed E-state index contributed by atoms with van der Waals surface area (Å²) in [5, 5.41) is 0. The van der Waals surface area contributed by atoms with Crippen LogP contribution in [-0.4, -0.2) is 37.2 Å². The van der Waals surface area contributed by atoms with Gasteiger partial charge in [0.25, 0.3) is 0 Å². The summed E-state index contributed by atoms with van der Waals surface area (Å²) >= 11 is 0. The first-order valence-corrected chi connectivity index (χ1v) is 19.4. The first-order valence-electron chi connectivity index (χ1n) is 19.4. The standard InChI is InChI=1S/C39H74O6/c1-5-7-9-11-13-14-19-22-26-30-37(40)43-33-36(45-39(42)32-28-24-17-12-10-8-6-2)34-44-38(41)31-27-23-20-16-15-18-21-25-29-35(3)4/h35-36H,5-34H2,1-4H3/t36-/m0/s1. The zero-order valence-corrected chi connectivity index (χ0v) is 30.3. The van der Waals surface area contributed by atoms with Gasteiger partial charge in [0.05, 0.1) is 0 Å². The van der Waals surface area contributed by atoms with Gasteiger partial charge < -0.3 is 14.2 Å². The predicted molar refractivity (Wildman–Crippen MR) is 187 cm³/mol. The molecule has 0 bridgehead atoms. The Morgan fingerprint density at radius 2 is 0.733 bits per heavy atom. The number of carbonyl (C=O) groups excluding carboxylic acids is 3. The molecule has 0 heterocycles. The van der Waals surface area contributed by atoms with Crippen molar-refractivity contribution in [2.75, 3.05) is 13.2 Å². The van der Waals surface area contributed by atoms with Crippen molar-refractivity contribution in [2.45, 2.75) is 214 Å². The van der Waals surface area contributed by atoms with E-state index in [1.54, 1.807) is 0 Å². The molecule has 0 aromatic heterocycles. The highest BCUT2D eigenvalue weighted by Gasteiger charge is 2.19. The quantitative estimate of drug-likeness (QED) is 0.0396. The van der Waals surface area contributed by atoms with Gasteiger partial charge in [-0.15, -0.1) is 0 Å². The number of rotatable bonds is 34. The fourth-order valence-electron chi connectivity index (χ4n) is 5.57. The molecule has 0 fully saturated rings. The molecule has 0 saturated carbocycles. The van der Waals surface area contributed by atoms with E-state index in [2.05, 4.69) is 27.7 Å². The van der Waals surface area contributed by atoms with Crippen molar-refractivity contribution in [2.24, 2.45) is 5.92 Å². The summed E-state index contributed by atoms with van der Waals surface area (Å²) in [6, 6.07) is 0. The molecular weight excluding hydrogens is 564 g/mol. The first kappa shape index (κ1) is 43.4. The number of unbranched alkanes of at least 4 members (excludes halogenated alkanes) is 21. The van der Waals surface area contributed by atoms with Crippen molar-refractivity contribution in [3.05, 3.63) is 0 Å². The van der Waals surface area contributed by atoms with Crippen LogP contribution in [-0.2, 0) is 28.6 Å². The number of ether oxygens (including phenoxy) is 3. The molecule has 0 aliphatic carbocycles. The minimum Gasteiger partial charge on any atom is -0.462 e. The van der Waals surface area contributed by atoms with E-state index in [1.807, 2.05) is 0 Å². The highest BCUT2D eigenvalue weighted by Crippen LogP contribution is 2.15. The summed E-state index contributed by atoms with van der Waals surface area (Å²) in [6.45, 7) is 8.87. The summed E-state index contributed by atoms with van der Waals surface area (Å²) in [6.07, 6.45) is 29.6. The lowest BCUT2D eigenvalue weighted by molar-refractivity contribution is -0.167. The van der Waals surface area contributed by atoms with Gasteiger partial charge in [-0.1, -0.05) is 169 Å². The van der Waals surface area contributed by atoms with Crippen LogP contribution in [0.4, 0.5) is 0 Å². The molecule has 0 aliphatic rings. The van der Waals surface area contributed by atoms with Gasteiger partial charge in [0, 0.05) is 19.3 Å². The maximum Gasteiger partial charge on any atom is 0.306 e. The van der Waals surface area contributed by atoms with Crippen molar-refractivity contribution in [1.29, 1.82) is 0 Å². The van der Waals surface area contributed by atoms with E-state index in [9.17, 15) is 14.4 Å². The van der Waals surface area contributed by atoms with E-state index in [-0.39, 0.29) is 31.1 Å². The highest BCUT2D eigenvalue weighted by atomic mass is 16.6. The number of carbonyl (C=O) groups is 3. The molecule has 6 nitrogen and oxygen atoms in total. The fraction of sp³-hybridized carbons (Fsp3) is 0.923. The maximum atomic E-state index is 12.5. The third-order valence-electron chi connectivity index (χ3n) is 8.54. The third-order valence-corrected chi connectivity index (χ3v) is 8.54. The van der Waals surface area contributed by atoms with Crippen LogP contribution < -0.4 is 0 Å². The van der Waals surface area contributed by atoms with E-state index < -0.39 is 6.10 Å². The SMILES string of the molecule is CCCCCCCCCCCC(=O)OC[C@@H](COC(=O)CCCCCCCCCCC(C)C)OC(=O)CCCCCCCCC. The van der Waals surface area contributed by atoms with Crippen LogP contribution >= 0.6 is 0 Å². The first-order chi connectivity index (χ1) is 21.9. The summed E-state index contributed by atoms with van der Waals surface area (Å²) in [7, 11) is 0. The van der Waals surface area contributed by atoms with E-state index in [4.69, 9.17) is 14.2 Å². The molecule has 0 spiro atoms. The van der Waals surface area contributed by atoms with E-state index in [1.165, 1.54) is 103 Å². The second-order valence-corrected chi connectivity index (χ2v) is 13.7. The topological polar surface area (TPSA) is 78.9 Å². The Hall–Kier alpha value is -1.59. The van der Waals surface area contributed by atoms with Crippen LogP contribution in [0.5, 0.6) is 0 Å². The third kappa shape index (κ3) is 33.6. The zero-order chi connectivity index (χ0) is 33.2. The van der Waals surface area contributed by atoms with Crippen LogP contribution in [0.25, 0.3) is 0 Å². The molecule has 0 radical (unpaired) electrons. The van der Waals surface area contributed by atoms with E-state index in [0.717, 1.165) is 63.7 Å². The lowest BCUT2D eigenvalue weighted by Crippen LogP contribution is -2.30. The van der Waals surface area contributed by atoms with Crippen molar-refractivity contribution in [3.8, 4) is 0 Å². The highest BCUT2D eigenvalue weighted by molar-refractivity contribution is 5.71. The van der Waals surface area contributed by atoms with E-state index in [0.29, 0.717) is 19.3 Å². The van der Waals surface area contributed by atoms with Gasteiger partial charge in [-0.05, 0) is 25.2 Å². The molecule has 0 saturated heterocycles. The summed E-state index contributed by atoms with van der Waals surface area (Å²) in [4.78, 5) is 37.3. The monoisotopic (exact) mass is 639 g/mol. The molecule has 0 aliphatic heterocycles. The Morgan fingerprint density at radius 3 is 1.09 bits per heavy atom. The second-order valence-electron chi connectivity index (χ2n) is 13.7. The molecule has 45 heavy (non-hydrogen) atoms. The van der Waals surface area contributed by atoms with Crippen molar-refractivity contribution in [3.63, 3.8) is 0 Å². The Morgan fingerprint density at radius 1 is 0.422 bits per heavy atom. The molecule has 0 N–H and O–H groups in total. The molecule has 266 valence electrons. The molecule has 0 amide bonds. The van der Waals surface area contributed by atoms with Gasteiger partial charge >= 0.3 is 17.9 Å². The van der Waals surface area contributed by atoms with Gasteiger partial charge in [0.2, 0.25) is 0 Å². The average Bonchev–Trinajstić information content (AvgIpc) is 3.01. The zero-order valence-electron chi connectivity index (χ0n) is 30.3. The lowest BCUT2D eigenvalue weighted by Gasteiger charge is -2.18. The maximum absolute atomic E-state index is 12.5. The minimum absolute atomic E-state index is 0.0660. The van der Waals surface area contributed by atoms with Gasteiger partial charge in [-0.3, -0.25) is 14.4 Å². The van der Waals surface area contributed by atoms with Crippen LogP contribution in [0, 0.1) is 5.92 Å². The summed E-state index contributed by atoms with van der Waals surface area (Å²) in [5.74, 6) is -0.0784. The van der Waals surface area contributed by atoms with Gasteiger partial charge in [-0.2, -0.15) is 0 Å². The minimum atomic E-state index is -0.756. The van der Waals surface area contributed by atoms with Crippen LogP contribution in [0.2, 0.25) is 0 Å². The molecule has 0 unspecified atom stereocenters. The smallest absolute Gasteiger partial charge is 0.306 e. The van der Waals surface area contributed by atoms with Gasteiger partial charge in [-0.25, -0.2) is 0 Å². The fourth-order valence-corrected chi connectivity index (χ4v) is 5.57. The molecule has 1 atom stereocenters. The average molecular weight is 639 g/mol. The summed E-state index contributed by atoms with van der Waals surface area (Å²) in [5.41, 5.74) is 0. The second kappa shape index (κ2) is 33.8. The van der Waals surface area contributed by atoms with Crippen molar-refractivity contribution < 1.29 is 28.6 Å².